The number of carbonyl (C=O) groups excluding carboxylic acids is 2. The molecule has 24 heavy (non-hydrogen) atoms. The van der Waals surface area contributed by atoms with Crippen LogP contribution in [0, 0.1) is 11.3 Å². The molecule has 1 saturated carbocycles. The summed E-state index contributed by atoms with van der Waals surface area (Å²) >= 11 is 0. The van der Waals surface area contributed by atoms with Gasteiger partial charge in [-0.1, -0.05) is 12.8 Å². The monoisotopic (exact) mass is 337 g/mol. The van der Waals surface area contributed by atoms with E-state index in [4.69, 9.17) is 5.26 Å². The molecule has 1 aliphatic carbocycles. The van der Waals surface area contributed by atoms with Gasteiger partial charge in [-0.3, -0.25) is 4.79 Å². The number of halogens is 3. The van der Waals surface area contributed by atoms with Gasteiger partial charge >= 0.3 is 12.2 Å². The lowest BCUT2D eigenvalue weighted by Crippen LogP contribution is -2.45. The molecule has 1 spiro atoms. The maximum atomic E-state index is 13.1. The summed E-state index contributed by atoms with van der Waals surface area (Å²) < 4.78 is 39.4. The van der Waals surface area contributed by atoms with E-state index in [0.717, 1.165) is 23.8 Å². The zero-order valence-electron chi connectivity index (χ0n) is 12.9. The molecule has 0 radical (unpaired) electrons. The van der Waals surface area contributed by atoms with Crippen molar-refractivity contribution in [1.29, 1.82) is 5.26 Å². The van der Waals surface area contributed by atoms with Gasteiger partial charge in [0.1, 0.15) is 5.54 Å². The zero-order chi connectivity index (χ0) is 17.7. The molecule has 1 aliphatic heterocycles. The maximum Gasteiger partial charge on any atom is 0.417 e. The Hall–Kier alpha value is -2.56. The highest BCUT2D eigenvalue weighted by atomic mass is 19.4. The van der Waals surface area contributed by atoms with Crippen molar-refractivity contribution in [2.45, 2.75) is 37.4 Å². The molecule has 0 atom stereocenters. The second-order valence-corrected chi connectivity index (χ2v) is 6.06. The molecule has 2 fully saturated rings. The molecule has 3 rings (SSSR count). The van der Waals surface area contributed by atoms with Crippen LogP contribution in [0.5, 0.6) is 0 Å². The lowest BCUT2D eigenvalue weighted by Gasteiger charge is -2.27. The average molecular weight is 337 g/mol. The molecule has 0 bridgehead atoms. The fourth-order valence-electron chi connectivity index (χ4n) is 3.51. The molecular formula is C16H14F3N3O2. The van der Waals surface area contributed by atoms with Gasteiger partial charge in [-0.25, -0.2) is 9.69 Å². The van der Waals surface area contributed by atoms with Crippen LogP contribution in [0.3, 0.4) is 0 Å². The van der Waals surface area contributed by atoms with E-state index in [1.165, 1.54) is 24.1 Å². The molecule has 0 N–H and O–H groups in total. The molecule has 1 saturated heterocycles. The molecular weight excluding hydrogens is 323 g/mol. The smallest absolute Gasteiger partial charge is 0.312 e. The zero-order valence-corrected chi connectivity index (χ0v) is 12.9. The summed E-state index contributed by atoms with van der Waals surface area (Å²) in [7, 11) is 1.50. The third kappa shape index (κ3) is 2.15. The molecule has 2 aliphatic rings. The van der Waals surface area contributed by atoms with E-state index >= 15 is 0 Å². The molecule has 0 unspecified atom stereocenters. The van der Waals surface area contributed by atoms with E-state index in [-0.39, 0.29) is 5.69 Å². The normalized spacial score (nSPS) is 20.1. The van der Waals surface area contributed by atoms with Crippen molar-refractivity contribution in [3.63, 3.8) is 0 Å². The van der Waals surface area contributed by atoms with Crippen LogP contribution in [0.25, 0.3) is 0 Å². The van der Waals surface area contributed by atoms with Gasteiger partial charge in [0.15, 0.2) is 0 Å². The van der Waals surface area contributed by atoms with Crippen molar-refractivity contribution in [3.05, 3.63) is 29.3 Å². The number of alkyl halides is 3. The van der Waals surface area contributed by atoms with Crippen molar-refractivity contribution >= 4 is 17.6 Å². The highest BCUT2D eigenvalue weighted by molar-refractivity contribution is 6.23. The van der Waals surface area contributed by atoms with Gasteiger partial charge in [0, 0.05) is 7.05 Å². The summed E-state index contributed by atoms with van der Waals surface area (Å²) in [5.74, 6) is -0.495. The van der Waals surface area contributed by atoms with Crippen molar-refractivity contribution in [2.24, 2.45) is 0 Å². The van der Waals surface area contributed by atoms with E-state index in [1.54, 1.807) is 0 Å². The van der Waals surface area contributed by atoms with Crippen LogP contribution in [0.4, 0.5) is 23.7 Å². The molecule has 1 aromatic carbocycles. The number of hydrogen-bond donors (Lipinski definition) is 0. The minimum atomic E-state index is -4.75. The van der Waals surface area contributed by atoms with Gasteiger partial charge < -0.3 is 4.90 Å². The number of carbonyl (C=O) groups is 2. The standard InChI is InChI=1S/C16H14F3N3O2/c1-21-14(24)22(13(23)15(21)6-2-3-7-15)11-5-4-10(9-20)12(8-11)16(17,18)19/h4-5,8H,2-3,6-7H2,1H3. The topological polar surface area (TPSA) is 64.4 Å². The first-order valence-corrected chi connectivity index (χ1v) is 7.46. The maximum absolute atomic E-state index is 13.1. The van der Waals surface area contributed by atoms with Crippen molar-refractivity contribution in [2.75, 3.05) is 11.9 Å². The second-order valence-electron chi connectivity index (χ2n) is 6.06. The highest BCUT2D eigenvalue weighted by Crippen LogP contribution is 2.43. The second kappa shape index (κ2) is 5.23. The largest absolute Gasteiger partial charge is 0.417 e. The Morgan fingerprint density at radius 3 is 2.38 bits per heavy atom. The van der Waals surface area contributed by atoms with E-state index < -0.39 is 34.8 Å². The Morgan fingerprint density at radius 1 is 1.21 bits per heavy atom. The van der Waals surface area contributed by atoms with Crippen LogP contribution in [0.15, 0.2) is 18.2 Å². The van der Waals surface area contributed by atoms with Crippen molar-refractivity contribution < 1.29 is 22.8 Å². The predicted octanol–water partition coefficient (Wildman–Crippen LogP) is 3.29. The Bertz CT molecular complexity index is 761. The summed E-state index contributed by atoms with van der Waals surface area (Å²) in [5, 5.41) is 8.85. The number of nitrogens with zero attached hydrogens (tertiary/aromatic N) is 3. The fourth-order valence-corrected chi connectivity index (χ4v) is 3.51. The van der Waals surface area contributed by atoms with Crippen LogP contribution in [0.2, 0.25) is 0 Å². The Balaban J connectivity index is 2.08. The third-order valence-electron chi connectivity index (χ3n) is 4.84. The van der Waals surface area contributed by atoms with Gasteiger partial charge in [-0.2, -0.15) is 18.4 Å². The van der Waals surface area contributed by atoms with E-state index in [2.05, 4.69) is 0 Å². The van der Waals surface area contributed by atoms with Gasteiger partial charge in [-0.05, 0) is 31.0 Å². The number of urea groups is 1. The van der Waals surface area contributed by atoms with Crippen LogP contribution in [-0.4, -0.2) is 29.4 Å². The van der Waals surface area contributed by atoms with E-state index in [1.807, 2.05) is 0 Å². The summed E-state index contributed by atoms with van der Waals surface area (Å²) in [5.41, 5.74) is -2.82. The SMILES string of the molecule is CN1C(=O)N(c2ccc(C#N)c(C(F)(F)F)c2)C(=O)C12CCCC2. The molecule has 0 aromatic heterocycles. The minimum Gasteiger partial charge on any atom is -0.312 e. The Morgan fingerprint density at radius 2 is 1.83 bits per heavy atom. The van der Waals surface area contributed by atoms with E-state index in [9.17, 15) is 22.8 Å². The van der Waals surface area contributed by atoms with E-state index in [0.29, 0.717) is 18.9 Å². The van der Waals surface area contributed by atoms with Crippen LogP contribution in [-0.2, 0) is 11.0 Å². The number of hydrogen-bond acceptors (Lipinski definition) is 3. The minimum absolute atomic E-state index is 0.160. The summed E-state index contributed by atoms with van der Waals surface area (Å²) in [6.07, 6.45) is -2.15. The lowest BCUT2D eigenvalue weighted by molar-refractivity contribution is -0.137. The first kappa shape index (κ1) is 16.3. The molecule has 5 nitrogen and oxygen atoms in total. The number of anilines is 1. The molecule has 126 valence electrons. The summed E-state index contributed by atoms with van der Waals surface area (Å²) in [4.78, 5) is 27.4. The first-order chi connectivity index (χ1) is 11.2. The molecule has 1 heterocycles. The Kier molecular flexibility index (Phi) is 3.55. The number of benzene rings is 1. The van der Waals surface area contributed by atoms with Crippen molar-refractivity contribution in [3.8, 4) is 6.07 Å². The number of nitriles is 1. The lowest BCUT2D eigenvalue weighted by atomic mass is 9.96. The molecule has 8 heteroatoms. The highest BCUT2D eigenvalue weighted by Gasteiger charge is 2.57. The number of imide groups is 1. The molecule has 1 aromatic rings. The van der Waals surface area contributed by atoms with Gasteiger partial charge in [0.25, 0.3) is 5.91 Å². The van der Waals surface area contributed by atoms with Crippen molar-refractivity contribution in [1.82, 2.24) is 4.90 Å². The van der Waals surface area contributed by atoms with Crippen LogP contribution >= 0.6 is 0 Å². The van der Waals surface area contributed by atoms with Gasteiger partial charge in [-0.15, -0.1) is 0 Å². The van der Waals surface area contributed by atoms with Gasteiger partial charge in [0.2, 0.25) is 0 Å². The third-order valence-corrected chi connectivity index (χ3v) is 4.84. The number of rotatable bonds is 1. The first-order valence-electron chi connectivity index (χ1n) is 7.46. The predicted molar refractivity (Wildman–Crippen MR) is 78.0 cm³/mol. The molecule has 3 amide bonds. The Labute approximate surface area is 136 Å². The number of amides is 3. The average Bonchev–Trinajstić information content (AvgIpc) is 3.09. The summed E-state index contributed by atoms with van der Waals surface area (Å²) in [6.45, 7) is 0. The fraction of sp³-hybridized carbons (Fsp3) is 0.438. The van der Waals surface area contributed by atoms with Crippen LogP contribution < -0.4 is 4.90 Å². The summed E-state index contributed by atoms with van der Waals surface area (Å²) in [6, 6.07) is 3.72. The van der Waals surface area contributed by atoms with Crippen LogP contribution in [0.1, 0.15) is 36.8 Å². The quantitative estimate of drug-likeness (QED) is 0.739. The van der Waals surface area contributed by atoms with Gasteiger partial charge in [0.05, 0.1) is 22.9 Å². The number of likely N-dealkylation sites (N-methyl/N-ethyl adjacent to an activating group) is 1.